The summed E-state index contributed by atoms with van der Waals surface area (Å²) in [5, 5.41) is 3.05. The molecular weight excluding hydrogens is 265 g/mol. The van der Waals surface area contributed by atoms with Gasteiger partial charge < -0.3 is 5.32 Å². The predicted octanol–water partition coefficient (Wildman–Crippen LogP) is 3.76. The molecule has 6 heteroatoms. The van der Waals surface area contributed by atoms with E-state index >= 15 is 0 Å². The quantitative estimate of drug-likeness (QED) is 0.861. The predicted molar refractivity (Wildman–Crippen MR) is 62.9 cm³/mol. The van der Waals surface area contributed by atoms with E-state index in [-0.39, 0.29) is 12.4 Å². The largest absolute Gasteiger partial charge is 0.363 e. The zero-order valence-electron chi connectivity index (χ0n) is 9.05. The van der Waals surface area contributed by atoms with Crippen LogP contribution < -0.4 is 5.32 Å². The van der Waals surface area contributed by atoms with E-state index in [1.807, 2.05) is 0 Å². The summed E-state index contributed by atoms with van der Waals surface area (Å²) in [5.74, 6) is -3.98. The summed E-state index contributed by atoms with van der Waals surface area (Å²) in [7, 11) is 0. The normalized spacial score (nSPS) is 10.4. The maximum Gasteiger partial charge on any atom is 0.251 e. The monoisotopic (exact) mass is 272 g/mol. The number of benzene rings is 1. The fourth-order valence-corrected chi connectivity index (χ4v) is 1.59. The minimum Gasteiger partial charge on any atom is -0.363 e. The van der Waals surface area contributed by atoms with Crippen molar-refractivity contribution >= 4 is 17.4 Å². The molecule has 0 radical (unpaired) electrons. The highest BCUT2D eigenvalue weighted by Crippen LogP contribution is 2.18. The standard InChI is InChI=1S/C12H8ClF3N2/c13-8-4-2-1-3-7(8)6-17-12-10(15)5-9(14)11(16)18-12/h1-5H,6H2,(H,17,18). The van der Waals surface area contributed by atoms with Crippen LogP contribution in [0, 0.1) is 17.6 Å². The van der Waals surface area contributed by atoms with Crippen LogP contribution in [-0.2, 0) is 6.54 Å². The molecule has 0 aliphatic carbocycles. The molecule has 2 aromatic rings. The first-order chi connectivity index (χ1) is 8.58. The number of hydrogen-bond donors (Lipinski definition) is 1. The molecular formula is C12H8ClF3N2. The molecule has 0 fully saturated rings. The molecule has 0 aliphatic rings. The molecule has 18 heavy (non-hydrogen) atoms. The minimum atomic E-state index is -1.35. The van der Waals surface area contributed by atoms with Crippen molar-refractivity contribution < 1.29 is 13.2 Å². The highest BCUT2D eigenvalue weighted by molar-refractivity contribution is 6.31. The number of nitrogens with zero attached hydrogens (tertiary/aromatic N) is 1. The molecule has 0 saturated heterocycles. The molecule has 0 aliphatic heterocycles. The Kier molecular flexibility index (Phi) is 3.72. The second-order valence-corrected chi connectivity index (χ2v) is 3.94. The van der Waals surface area contributed by atoms with E-state index in [2.05, 4.69) is 10.3 Å². The van der Waals surface area contributed by atoms with Gasteiger partial charge in [-0.3, -0.25) is 0 Å². The summed E-state index contributed by atoms with van der Waals surface area (Å²) in [6, 6.07) is 7.36. The van der Waals surface area contributed by atoms with Crippen molar-refractivity contribution in [3.63, 3.8) is 0 Å². The zero-order chi connectivity index (χ0) is 13.1. The summed E-state index contributed by atoms with van der Waals surface area (Å²) in [5.41, 5.74) is 0.699. The number of aromatic nitrogens is 1. The highest BCUT2D eigenvalue weighted by atomic mass is 35.5. The van der Waals surface area contributed by atoms with Crippen molar-refractivity contribution in [2.75, 3.05) is 5.32 Å². The van der Waals surface area contributed by atoms with E-state index in [0.29, 0.717) is 16.7 Å². The van der Waals surface area contributed by atoms with Gasteiger partial charge in [-0.1, -0.05) is 29.8 Å². The van der Waals surface area contributed by atoms with Crippen molar-refractivity contribution in [3.05, 3.63) is 58.5 Å². The van der Waals surface area contributed by atoms with Crippen LogP contribution in [0.4, 0.5) is 19.0 Å². The Morgan fingerprint density at radius 1 is 1.11 bits per heavy atom. The summed E-state index contributed by atoms with van der Waals surface area (Å²) in [4.78, 5) is 3.15. The molecule has 0 bridgehead atoms. The van der Waals surface area contributed by atoms with E-state index in [0.717, 1.165) is 0 Å². The smallest absolute Gasteiger partial charge is 0.251 e. The minimum absolute atomic E-state index is 0.161. The molecule has 2 nitrogen and oxygen atoms in total. The molecule has 0 spiro atoms. The SMILES string of the molecule is Fc1cc(F)c(NCc2ccccc2Cl)nc1F. The van der Waals surface area contributed by atoms with Crippen LogP contribution in [0.1, 0.15) is 5.56 Å². The lowest BCUT2D eigenvalue weighted by Crippen LogP contribution is -2.06. The molecule has 1 N–H and O–H groups in total. The third-order valence-electron chi connectivity index (χ3n) is 2.29. The van der Waals surface area contributed by atoms with Gasteiger partial charge in [0.15, 0.2) is 17.5 Å². The molecule has 0 atom stereocenters. The van der Waals surface area contributed by atoms with Crippen LogP contribution in [0.3, 0.4) is 0 Å². The van der Waals surface area contributed by atoms with Gasteiger partial charge in [-0.2, -0.15) is 9.37 Å². The van der Waals surface area contributed by atoms with Gasteiger partial charge in [-0.25, -0.2) is 8.78 Å². The maximum atomic E-state index is 13.3. The molecule has 2 rings (SSSR count). The van der Waals surface area contributed by atoms with Crippen LogP contribution in [0.15, 0.2) is 30.3 Å². The fourth-order valence-electron chi connectivity index (χ4n) is 1.39. The van der Waals surface area contributed by atoms with Crippen LogP contribution in [0.2, 0.25) is 5.02 Å². The van der Waals surface area contributed by atoms with E-state index in [1.165, 1.54) is 0 Å². The van der Waals surface area contributed by atoms with Crippen molar-refractivity contribution in [3.8, 4) is 0 Å². The second-order valence-electron chi connectivity index (χ2n) is 3.54. The van der Waals surface area contributed by atoms with Gasteiger partial charge in [0.05, 0.1) is 0 Å². The Balaban J connectivity index is 2.16. The number of nitrogens with one attached hydrogen (secondary N) is 1. The van der Waals surface area contributed by atoms with Crippen LogP contribution in [0.25, 0.3) is 0 Å². The third-order valence-corrected chi connectivity index (χ3v) is 2.66. The summed E-state index contributed by atoms with van der Waals surface area (Å²) in [6.45, 7) is 0.161. The number of pyridine rings is 1. The second kappa shape index (κ2) is 5.27. The Hall–Kier alpha value is -1.75. The lowest BCUT2D eigenvalue weighted by Gasteiger charge is -2.08. The number of anilines is 1. The van der Waals surface area contributed by atoms with Crippen molar-refractivity contribution in [2.45, 2.75) is 6.54 Å². The van der Waals surface area contributed by atoms with Crippen molar-refractivity contribution in [1.29, 1.82) is 0 Å². The molecule has 0 unspecified atom stereocenters. The lowest BCUT2D eigenvalue weighted by molar-refractivity contribution is 0.466. The topological polar surface area (TPSA) is 24.9 Å². The highest BCUT2D eigenvalue weighted by Gasteiger charge is 2.11. The van der Waals surface area contributed by atoms with E-state index in [1.54, 1.807) is 24.3 Å². The summed E-state index contributed by atoms with van der Waals surface area (Å²) >= 11 is 5.90. The fraction of sp³-hybridized carbons (Fsp3) is 0.0833. The zero-order valence-corrected chi connectivity index (χ0v) is 9.81. The van der Waals surface area contributed by atoms with Crippen LogP contribution >= 0.6 is 11.6 Å². The average molecular weight is 273 g/mol. The first kappa shape index (κ1) is 12.7. The Morgan fingerprint density at radius 2 is 1.83 bits per heavy atom. The van der Waals surface area contributed by atoms with Gasteiger partial charge in [0.25, 0.3) is 5.95 Å². The number of rotatable bonds is 3. The number of hydrogen-bond acceptors (Lipinski definition) is 2. The van der Waals surface area contributed by atoms with Gasteiger partial charge in [0.1, 0.15) is 0 Å². The molecule has 1 heterocycles. The van der Waals surface area contributed by atoms with E-state index in [4.69, 9.17) is 11.6 Å². The van der Waals surface area contributed by atoms with E-state index < -0.39 is 17.6 Å². The summed E-state index contributed by atoms with van der Waals surface area (Å²) < 4.78 is 38.8. The molecule has 0 saturated carbocycles. The van der Waals surface area contributed by atoms with Gasteiger partial charge in [0.2, 0.25) is 0 Å². The van der Waals surface area contributed by atoms with Gasteiger partial charge in [0, 0.05) is 17.6 Å². The molecule has 94 valence electrons. The van der Waals surface area contributed by atoms with E-state index in [9.17, 15) is 13.2 Å². The lowest BCUT2D eigenvalue weighted by atomic mass is 10.2. The Morgan fingerprint density at radius 3 is 2.56 bits per heavy atom. The van der Waals surface area contributed by atoms with Gasteiger partial charge >= 0.3 is 0 Å². The summed E-state index contributed by atoms with van der Waals surface area (Å²) in [6.07, 6.45) is 0. The average Bonchev–Trinajstić information content (AvgIpc) is 2.34. The Labute approximate surface area is 106 Å². The third kappa shape index (κ3) is 2.73. The Bertz CT molecular complexity index is 575. The molecule has 0 amide bonds. The molecule has 1 aromatic carbocycles. The first-order valence-corrected chi connectivity index (χ1v) is 5.44. The number of halogens is 4. The molecule has 1 aromatic heterocycles. The van der Waals surface area contributed by atoms with Crippen molar-refractivity contribution in [1.82, 2.24) is 4.98 Å². The van der Waals surface area contributed by atoms with Crippen LogP contribution in [-0.4, -0.2) is 4.98 Å². The van der Waals surface area contributed by atoms with Gasteiger partial charge in [-0.15, -0.1) is 0 Å². The first-order valence-electron chi connectivity index (χ1n) is 5.06. The van der Waals surface area contributed by atoms with Gasteiger partial charge in [-0.05, 0) is 11.6 Å². The maximum absolute atomic E-state index is 13.3. The van der Waals surface area contributed by atoms with Crippen LogP contribution in [0.5, 0.6) is 0 Å². The van der Waals surface area contributed by atoms with Crippen molar-refractivity contribution in [2.24, 2.45) is 0 Å².